The molecule has 9 heteroatoms. The summed E-state index contributed by atoms with van der Waals surface area (Å²) in [6.07, 6.45) is 5.18. The molecule has 0 aliphatic heterocycles. The van der Waals surface area contributed by atoms with Gasteiger partial charge in [0.05, 0.1) is 6.61 Å². The van der Waals surface area contributed by atoms with Crippen molar-refractivity contribution in [2.24, 2.45) is 0 Å². The molecule has 222 valence electrons. The maximum absolute atomic E-state index is 12.4. The number of hydrogen-bond donors (Lipinski definition) is 3. The molecule has 1 unspecified atom stereocenters. The molecule has 8 nitrogen and oxygen atoms in total. The predicted molar refractivity (Wildman–Crippen MR) is 157 cm³/mol. The Balaban J connectivity index is 1.39. The number of carbonyl (C=O) groups excluding carboxylic acids is 1. The van der Waals surface area contributed by atoms with E-state index in [4.69, 9.17) is 14.2 Å². The first-order chi connectivity index (χ1) is 19.1. The molecule has 0 saturated heterocycles. The molecule has 0 bridgehead atoms. The molecule has 1 fully saturated rings. The molecule has 0 heterocycles. The first-order valence-electron chi connectivity index (χ1n) is 14.3. The van der Waals surface area contributed by atoms with Crippen LogP contribution in [0.3, 0.4) is 0 Å². The van der Waals surface area contributed by atoms with Crippen LogP contribution < -0.4 is 14.8 Å². The maximum Gasteiger partial charge on any atom is 0.349 e. The fourth-order valence-corrected chi connectivity index (χ4v) is 6.11. The van der Waals surface area contributed by atoms with Crippen molar-refractivity contribution in [3.05, 3.63) is 48.0 Å². The number of hydrogen-bond acceptors (Lipinski definition) is 8. The van der Waals surface area contributed by atoms with Gasteiger partial charge in [-0.15, -0.1) is 0 Å². The molecule has 40 heavy (non-hydrogen) atoms. The van der Waals surface area contributed by atoms with Crippen LogP contribution in [0.4, 0.5) is 0 Å². The summed E-state index contributed by atoms with van der Waals surface area (Å²) in [5.74, 6) is 1.70. The highest BCUT2D eigenvalue weighted by Crippen LogP contribution is 2.34. The third-order valence-electron chi connectivity index (χ3n) is 7.16. The second-order valence-electron chi connectivity index (χ2n) is 10.9. The summed E-state index contributed by atoms with van der Waals surface area (Å²) in [5, 5.41) is 24.0. The highest BCUT2D eigenvalue weighted by molar-refractivity contribution is 7.91. The fraction of sp³-hybridized carbons (Fsp3) is 0.581. The Morgan fingerprint density at radius 1 is 1.10 bits per heavy atom. The van der Waals surface area contributed by atoms with Gasteiger partial charge < -0.3 is 34.3 Å². The second kappa shape index (κ2) is 15.5. The van der Waals surface area contributed by atoms with Crippen LogP contribution in [0.1, 0.15) is 77.7 Å². The molecule has 1 aliphatic rings. The molecule has 1 aliphatic carbocycles. The molecular weight excluding hydrogens is 530 g/mol. The average molecular weight is 576 g/mol. The van der Waals surface area contributed by atoms with Gasteiger partial charge in [-0.3, -0.25) is 0 Å². The molecule has 2 atom stereocenters. The number of phenolic OH excluding ortho intramolecular Hbond substituents is 1. The number of aliphatic hydroxyl groups excluding tert-OH is 1. The minimum absolute atomic E-state index is 0.00169. The van der Waals surface area contributed by atoms with Crippen LogP contribution in [0.5, 0.6) is 17.2 Å². The number of esters is 1. The summed E-state index contributed by atoms with van der Waals surface area (Å²) in [6, 6.07) is 13.0. The van der Waals surface area contributed by atoms with Gasteiger partial charge in [0.1, 0.15) is 30.0 Å². The average Bonchev–Trinajstić information content (AvgIpc) is 2.95. The summed E-state index contributed by atoms with van der Waals surface area (Å²) < 4.78 is 29.1. The van der Waals surface area contributed by atoms with Gasteiger partial charge in [0.25, 0.3) is 0 Å². The van der Waals surface area contributed by atoms with Gasteiger partial charge in [-0.25, -0.2) is 4.79 Å². The summed E-state index contributed by atoms with van der Waals surface area (Å²) in [5.41, 5.74) is 0.218. The van der Waals surface area contributed by atoms with E-state index in [1.807, 2.05) is 19.1 Å². The van der Waals surface area contributed by atoms with Crippen LogP contribution in [0.2, 0.25) is 0 Å². The predicted octanol–water partition coefficient (Wildman–Crippen LogP) is 5.08. The smallest absolute Gasteiger partial charge is 0.349 e. The van der Waals surface area contributed by atoms with Crippen molar-refractivity contribution < 1.29 is 33.8 Å². The zero-order chi connectivity index (χ0) is 29.1. The van der Waals surface area contributed by atoms with Crippen molar-refractivity contribution in [3.63, 3.8) is 0 Å². The zero-order valence-electron chi connectivity index (χ0n) is 24.2. The minimum atomic E-state index is -1.28. The van der Waals surface area contributed by atoms with Gasteiger partial charge in [-0.2, -0.15) is 0 Å². The van der Waals surface area contributed by atoms with E-state index in [0.29, 0.717) is 47.3 Å². The van der Waals surface area contributed by atoms with Gasteiger partial charge in [0, 0.05) is 18.7 Å². The van der Waals surface area contributed by atoms with Crippen LogP contribution in [0.15, 0.2) is 47.4 Å². The second-order valence-corrected chi connectivity index (χ2v) is 12.4. The van der Waals surface area contributed by atoms with E-state index >= 15 is 0 Å². The molecule has 2 aromatic rings. The van der Waals surface area contributed by atoms with E-state index in [1.54, 1.807) is 32.9 Å². The fourth-order valence-electron chi connectivity index (χ4n) is 4.79. The van der Waals surface area contributed by atoms with E-state index in [9.17, 15) is 19.6 Å². The van der Waals surface area contributed by atoms with E-state index in [1.165, 1.54) is 11.6 Å². The van der Waals surface area contributed by atoms with Crippen molar-refractivity contribution in [1.82, 2.24) is 5.32 Å². The number of aliphatic hydroxyl groups is 1. The van der Waals surface area contributed by atoms with Crippen LogP contribution in [0.25, 0.3) is 0 Å². The van der Waals surface area contributed by atoms with Crippen LogP contribution in [0, 0.1) is 0 Å². The Morgan fingerprint density at radius 3 is 2.42 bits per heavy atom. The largest absolute Gasteiger partial charge is 0.611 e. The topological polar surface area (TPSA) is 120 Å². The van der Waals surface area contributed by atoms with Crippen molar-refractivity contribution in [1.29, 1.82) is 0 Å². The van der Waals surface area contributed by atoms with Crippen LogP contribution in [-0.4, -0.2) is 64.0 Å². The third kappa shape index (κ3) is 9.58. The minimum Gasteiger partial charge on any atom is -0.611 e. The Hall–Kier alpha value is -2.46. The van der Waals surface area contributed by atoms with Crippen LogP contribution >= 0.6 is 0 Å². The third-order valence-corrected chi connectivity index (χ3v) is 8.64. The van der Waals surface area contributed by atoms with Crippen molar-refractivity contribution in [2.45, 2.75) is 94.8 Å². The quantitative estimate of drug-likeness (QED) is 0.199. The number of phenols is 1. The van der Waals surface area contributed by atoms with Gasteiger partial charge in [0.15, 0.2) is 16.2 Å². The van der Waals surface area contributed by atoms with Gasteiger partial charge in [-0.1, -0.05) is 25.5 Å². The van der Waals surface area contributed by atoms with Gasteiger partial charge >= 0.3 is 5.97 Å². The molecular formula is C31H45NO7S. The summed E-state index contributed by atoms with van der Waals surface area (Å²) >= 11 is -1.28. The zero-order valence-corrected chi connectivity index (χ0v) is 25.0. The number of ether oxygens (including phenoxy) is 3. The van der Waals surface area contributed by atoms with Gasteiger partial charge in [0.2, 0.25) is 0 Å². The molecule has 3 rings (SSSR count). The summed E-state index contributed by atoms with van der Waals surface area (Å²) in [6.45, 7) is 8.07. The Kier molecular flexibility index (Phi) is 12.4. The molecule has 3 N–H and O–H groups in total. The van der Waals surface area contributed by atoms with Crippen molar-refractivity contribution in [3.8, 4) is 17.2 Å². The number of unbranched alkanes of at least 4 members (excludes halogenated alkanes) is 1. The molecule has 2 aromatic carbocycles. The maximum atomic E-state index is 12.4. The number of aromatic hydroxyl groups is 1. The number of rotatable bonds is 15. The number of benzene rings is 2. The van der Waals surface area contributed by atoms with Gasteiger partial charge in [-0.05, 0) is 99.8 Å². The molecule has 1 saturated carbocycles. The van der Waals surface area contributed by atoms with E-state index < -0.39 is 22.9 Å². The Morgan fingerprint density at radius 2 is 1.77 bits per heavy atom. The number of nitrogens with one attached hydrogen (secondary N) is 1. The highest BCUT2D eigenvalue weighted by atomic mass is 32.2. The Labute approximate surface area is 241 Å². The van der Waals surface area contributed by atoms with E-state index in [2.05, 4.69) is 17.4 Å². The lowest BCUT2D eigenvalue weighted by Crippen LogP contribution is -2.40. The first-order valence-corrected chi connectivity index (χ1v) is 15.7. The first kappa shape index (κ1) is 32.1. The molecule has 0 amide bonds. The molecule has 0 aromatic heterocycles. The van der Waals surface area contributed by atoms with Crippen molar-refractivity contribution in [2.75, 3.05) is 25.5 Å². The lowest BCUT2D eigenvalue weighted by molar-refractivity contribution is -0.158. The van der Waals surface area contributed by atoms with Crippen molar-refractivity contribution >= 4 is 17.1 Å². The number of carbonyl (C=O) groups is 1. The normalized spacial score (nSPS) is 19.1. The van der Waals surface area contributed by atoms with Crippen LogP contribution in [-0.2, 0) is 20.7 Å². The lowest BCUT2D eigenvalue weighted by atomic mass is 9.81. The summed E-state index contributed by atoms with van der Waals surface area (Å²) in [7, 11) is 0. The lowest BCUT2D eigenvalue weighted by Gasteiger charge is -2.30. The monoisotopic (exact) mass is 575 g/mol. The Bertz CT molecular complexity index is 1050. The molecule has 0 spiro atoms. The van der Waals surface area contributed by atoms with E-state index in [0.717, 1.165) is 38.5 Å². The van der Waals surface area contributed by atoms with E-state index in [-0.39, 0.29) is 18.3 Å². The standard InChI is InChI=1S/C31H45NO7S/c1-5-7-18-40(36)29-19-27(16-17-28(29)34)38-21-25(33)20-32-24-12-8-22(9-13-24)23-10-14-26(15-11-23)39-31(3,4)30(35)37-6-2/h10-11,14-17,19,22,24-25,32-34H,5-9,12-13,18,20-21H2,1-4H3/t22?,24?,25-,40?/m0/s1. The summed E-state index contributed by atoms with van der Waals surface area (Å²) in [4.78, 5) is 12.5. The molecule has 0 radical (unpaired) electrons. The SMILES string of the molecule is CCCC[S+]([O-])c1cc(OC[C@@H](O)CNC2CCC(c3ccc(OC(C)(C)C(=O)OCC)cc3)CC2)ccc1O. The highest BCUT2D eigenvalue weighted by Gasteiger charge is 2.31.